The smallest absolute Gasteiger partial charge is 0.338 e. The van der Waals surface area contributed by atoms with Crippen molar-refractivity contribution >= 4 is 17.9 Å². The number of rotatable bonds is 8. The topological polar surface area (TPSA) is 101 Å². The van der Waals surface area contributed by atoms with Gasteiger partial charge in [-0.3, -0.25) is 14.6 Å². The van der Waals surface area contributed by atoms with E-state index in [1.54, 1.807) is 32.2 Å². The van der Waals surface area contributed by atoms with Crippen LogP contribution in [0.1, 0.15) is 35.8 Å². The van der Waals surface area contributed by atoms with Gasteiger partial charge >= 0.3 is 12.0 Å². The molecule has 2 aromatic carbocycles. The quantitative estimate of drug-likeness (QED) is 0.518. The summed E-state index contributed by atoms with van der Waals surface area (Å²) >= 11 is 0. The lowest BCUT2D eigenvalue weighted by atomic mass is 9.93. The Hall–Kier alpha value is -4.05. The third kappa shape index (κ3) is 5.70. The number of nitrogens with zero attached hydrogens (tertiary/aromatic N) is 3. The molecule has 10 heteroatoms. The SMILES string of the molecule is CCOC(=O)C1=C(CN2CCN(C(=O)c3ccccc3)[C@@H](C)C2)N(C)C(=O)N[C@H]1c1cccc(OC)c1OC. The van der Waals surface area contributed by atoms with Gasteiger partial charge in [0.25, 0.3) is 5.91 Å². The van der Waals surface area contributed by atoms with Crippen molar-refractivity contribution in [1.29, 1.82) is 0 Å². The second-order valence-electron chi connectivity index (χ2n) is 9.55. The van der Waals surface area contributed by atoms with E-state index in [0.29, 0.717) is 60.1 Å². The Balaban J connectivity index is 1.66. The van der Waals surface area contributed by atoms with Crippen LogP contribution >= 0.6 is 0 Å². The molecule has 2 aromatic rings. The summed E-state index contributed by atoms with van der Waals surface area (Å²) in [5.41, 5.74) is 2.12. The van der Waals surface area contributed by atoms with Gasteiger partial charge in [0.15, 0.2) is 11.5 Å². The monoisotopic (exact) mass is 536 g/mol. The molecule has 1 fully saturated rings. The number of likely N-dealkylation sites (N-methyl/N-ethyl adjacent to an activating group) is 1. The Morgan fingerprint density at radius 3 is 2.41 bits per heavy atom. The molecule has 1 saturated heterocycles. The molecular weight excluding hydrogens is 500 g/mol. The van der Waals surface area contributed by atoms with Gasteiger partial charge in [0, 0.05) is 56.1 Å². The van der Waals surface area contributed by atoms with E-state index in [1.807, 2.05) is 42.2 Å². The van der Waals surface area contributed by atoms with Crippen molar-refractivity contribution in [2.75, 3.05) is 54.1 Å². The van der Waals surface area contributed by atoms with Crippen LogP contribution in [0.5, 0.6) is 11.5 Å². The highest BCUT2D eigenvalue weighted by molar-refractivity contribution is 5.96. The van der Waals surface area contributed by atoms with E-state index < -0.39 is 12.0 Å². The first-order valence-corrected chi connectivity index (χ1v) is 13.0. The van der Waals surface area contributed by atoms with Crippen molar-refractivity contribution in [2.45, 2.75) is 25.9 Å². The van der Waals surface area contributed by atoms with E-state index in [0.717, 1.165) is 0 Å². The number of piperazine rings is 1. The molecule has 1 N–H and O–H groups in total. The van der Waals surface area contributed by atoms with Crippen molar-refractivity contribution in [3.05, 3.63) is 70.9 Å². The summed E-state index contributed by atoms with van der Waals surface area (Å²) in [4.78, 5) is 45.1. The van der Waals surface area contributed by atoms with Crippen molar-refractivity contribution in [3.8, 4) is 11.5 Å². The number of carbonyl (C=O) groups excluding carboxylic acids is 3. The summed E-state index contributed by atoms with van der Waals surface area (Å²) in [5, 5.41) is 2.94. The van der Waals surface area contributed by atoms with E-state index in [4.69, 9.17) is 14.2 Å². The fourth-order valence-corrected chi connectivity index (χ4v) is 5.21. The van der Waals surface area contributed by atoms with Crippen LogP contribution in [0, 0.1) is 0 Å². The molecule has 0 aromatic heterocycles. The number of nitrogens with one attached hydrogen (secondary N) is 1. The normalized spacial score (nSPS) is 20.0. The minimum atomic E-state index is -0.800. The first kappa shape index (κ1) is 28.0. The Bertz CT molecular complexity index is 1250. The highest BCUT2D eigenvalue weighted by Crippen LogP contribution is 2.40. The van der Waals surface area contributed by atoms with Gasteiger partial charge in [-0.05, 0) is 32.0 Å². The zero-order chi connectivity index (χ0) is 28.1. The van der Waals surface area contributed by atoms with E-state index in [9.17, 15) is 14.4 Å². The third-order valence-corrected chi connectivity index (χ3v) is 7.18. The number of ether oxygens (including phenoxy) is 3. The number of urea groups is 1. The molecule has 0 bridgehead atoms. The van der Waals surface area contributed by atoms with Crippen molar-refractivity contribution in [3.63, 3.8) is 0 Å². The number of hydrogen-bond acceptors (Lipinski definition) is 7. The maximum atomic E-state index is 13.4. The minimum absolute atomic E-state index is 0.00600. The fraction of sp³-hybridized carbons (Fsp3) is 0.414. The molecule has 2 aliphatic heterocycles. The Morgan fingerprint density at radius 2 is 1.77 bits per heavy atom. The maximum Gasteiger partial charge on any atom is 0.338 e. The van der Waals surface area contributed by atoms with Gasteiger partial charge in [-0.15, -0.1) is 0 Å². The lowest BCUT2D eigenvalue weighted by molar-refractivity contribution is -0.139. The average Bonchev–Trinajstić information content (AvgIpc) is 2.95. The molecular formula is C29H36N4O6. The lowest BCUT2D eigenvalue weighted by Gasteiger charge is -2.42. The fourth-order valence-electron chi connectivity index (χ4n) is 5.21. The highest BCUT2D eigenvalue weighted by Gasteiger charge is 2.40. The maximum absolute atomic E-state index is 13.4. The lowest BCUT2D eigenvalue weighted by Crippen LogP contribution is -2.56. The molecule has 10 nitrogen and oxygen atoms in total. The van der Waals surface area contributed by atoms with Crippen LogP contribution in [0.3, 0.4) is 0 Å². The number of esters is 1. The van der Waals surface area contributed by atoms with Gasteiger partial charge in [0.1, 0.15) is 0 Å². The summed E-state index contributed by atoms with van der Waals surface area (Å²) in [5.74, 6) is 0.396. The molecule has 0 saturated carbocycles. The number of methoxy groups -OCH3 is 2. The van der Waals surface area contributed by atoms with Crippen LogP contribution in [-0.2, 0) is 9.53 Å². The van der Waals surface area contributed by atoms with E-state index in [-0.39, 0.29) is 24.6 Å². The number of hydrogen-bond donors (Lipinski definition) is 1. The summed E-state index contributed by atoms with van der Waals surface area (Å²) < 4.78 is 16.6. The molecule has 0 spiro atoms. The highest BCUT2D eigenvalue weighted by atomic mass is 16.5. The molecule has 0 radical (unpaired) electrons. The van der Waals surface area contributed by atoms with Crippen LogP contribution in [0.2, 0.25) is 0 Å². The van der Waals surface area contributed by atoms with E-state index >= 15 is 0 Å². The van der Waals surface area contributed by atoms with Crippen LogP contribution in [0.25, 0.3) is 0 Å². The molecule has 2 atom stereocenters. The molecule has 0 aliphatic carbocycles. The predicted molar refractivity (Wildman–Crippen MR) is 146 cm³/mol. The second kappa shape index (κ2) is 12.2. The second-order valence-corrected chi connectivity index (χ2v) is 9.55. The third-order valence-electron chi connectivity index (χ3n) is 7.18. The molecule has 208 valence electrons. The standard InChI is InChI=1S/C29H36N4O6/c1-6-39-28(35)24-22(18-32-15-16-33(19(2)17-32)27(34)20-11-8-7-9-12-20)31(3)29(36)30-25(24)21-13-10-14-23(37-4)26(21)38-5/h7-14,19,25H,6,15-18H2,1-5H3,(H,30,36)/t19-,25-/m0/s1. The summed E-state index contributed by atoms with van der Waals surface area (Å²) in [6.45, 7) is 5.97. The van der Waals surface area contributed by atoms with Gasteiger partial charge in [-0.2, -0.15) is 0 Å². The number of para-hydroxylation sites is 1. The summed E-state index contributed by atoms with van der Waals surface area (Å²) in [6, 6.07) is 13.4. The van der Waals surface area contributed by atoms with Crippen LogP contribution in [-0.4, -0.2) is 92.7 Å². The van der Waals surface area contributed by atoms with Gasteiger partial charge in [0.2, 0.25) is 0 Å². The Labute approximate surface area is 229 Å². The zero-order valence-corrected chi connectivity index (χ0v) is 23.1. The molecule has 2 aliphatic rings. The van der Waals surface area contributed by atoms with Gasteiger partial charge in [0.05, 0.1) is 32.4 Å². The van der Waals surface area contributed by atoms with Crippen molar-refractivity contribution in [2.24, 2.45) is 0 Å². The summed E-state index contributed by atoms with van der Waals surface area (Å²) in [7, 11) is 4.69. The van der Waals surface area contributed by atoms with Gasteiger partial charge in [-0.1, -0.05) is 30.3 Å². The number of amides is 3. The molecule has 39 heavy (non-hydrogen) atoms. The molecule has 4 rings (SSSR count). The average molecular weight is 537 g/mol. The van der Waals surface area contributed by atoms with Crippen LogP contribution in [0.4, 0.5) is 4.79 Å². The van der Waals surface area contributed by atoms with Crippen molar-refractivity contribution in [1.82, 2.24) is 20.0 Å². The van der Waals surface area contributed by atoms with Crippen molar-refractivity contribution < 1.29 is 28.6 Å². The van der Waals surface area contributed by atoms with Gasteiger partial charge < -0.3 is 24.4 Å². The molecule has 0 unspecified atom stereocenters. The minimum Gasteiger partial charge on any atom is -0.493 e. The summed E-state index contributed by atoms with van der Waals surface area (Å²) in [6.07, 6.45) is 0. The number of carbonyl (C=O) groups is 3. The Morgan fingerprint density at radius 1 is 1.03 bits per heavy atom. The van der Waals surface area contributed by atoms with E-state index in [1.165, 1.54) is 19.1 Å². The van der Waals surface area contributed by atoms with Crippen LogP contribution in [0.15, 0.2) is 59.8 Å². The first-order valence-electron chi connectivity index (χ1n) is 13.0. The van der Waals surface area contributed by atoms with Gasteiger partial charge in [-0.25, -0.2) is 9.59 Å². The number of benzene rings is 2. The largest absolute Gasteiger partial charge is 0.493 e. The Kier molecular flexibility index (Phi) is 8.75. The predicted octanol–water partition coefficient (Wildman–Crippen LogP) is 3.06. The molecule has 2 heterocycles. The van der Waals surface area contributed by atoms with E-state index in [2.05, 4.69) is 10.2 Å². The van der Waals surface area contributed by atoms with Crippen LogP contribution < -0.4 is 14.8 Å². The molecule has 3 amide bonds. The first-order chi connectivity index (χ1) is 18.8. The zero-order valence-electron chi connectivity index (χ0n) is 23.1.